The molecule has 0 aliphatic heterocycles. The number of rotatable bonds is 7. The molecule has 0 unspecified atom stereocenters. The minimum atomic E-state index is -0.562. The number of amides is 2. The number of methoxy groups -OCH3 is 1. The van der Waals surface area contributed by atoms with E-state index >= 15 is 0 Å². The van der Waals surface area contributed by atoms with Gasteiger partial charge >= 0.3 is 0 Å². The lowest BCUT2D eigenvalue weighted by Crippen LogP contribution is -2.31. The summed E-state index contributed by atoms with van der Waals surface area (Å²) in [6.45, 7) is 0. The summed E-state index contributed by atoms with van der Waals surface area (Å²) in [5.74, 6) is 0.122. The molecule has 1 aliphatic carbocycles. The van der Waals surface area contributed by atoms with E-state index in [9.17, 15) is 14.9 Å². The number of carbonyl (C=O) groups is 2. The number of benzene rings is 2. The molecule has 1 heterocycles. The number of fused-ring (bicyclic) bond motifs is 1. The Hall–Kier alpha value is -3.63. The summed E-state index contributed by atoms with van der Waals surface area (Å²) in [5.41, 5.74) is 2.93. The van der Waals surface area contributed by atoms with Crippen LogP contribution < -0.4 is 15.4 Å². The second-order valence-electron chi connectivity index (χ2n) is 7.95. The van der Waals surface area contributed by atoms with Crippen molar-refractivity contribution in [3.63, 3.8) is 0 Å². The molecule has 6 nitrogen and oxygen atoms in total. The maximum Gasteiger partial charge on any atom is 0.251 e. The summed E-state index contributed by atoms with van der Waals surface area (Å²) < 4.78 is 5.32. The van der Waals surface area contributed by atoms with E-state index in [0.29, 0.717) is 21.9 Å². The lowest BCUT2D eigenvalue weighted by molar-refractivity contribution is -0.116. The van der Waals surface area contributed by atoms with Crippen molar-refractivity contribution in [1.29, 1.82) is 5.26 Å². The number of ether oxygens (including phenoxy) is 1. The predicted molar refractivity (Wildman–Crippen MR) is 129 cm³/mol. The molecule has 0 fully saturated rings. The van der Waals surface area contributed by atoms with Crippen LogP contribution in [0.3, 0.4) is 0 Å². The average molecular weight is 460 g/mol. The van der Waals surface area contributed by atoms with Gasteiger partial charge in [-0.15, -0.1) is 11.3 Å². The number of hydrogen-bond acceptors (Lipinski definition) is 5. The Morgan fingerprint density at radius 3 is 2.67 bits per heavy atom. The summed E-state index contributed by atoms with van der Waals surface area (Å²) in [7, 11) is 1.57. The number of aryl methyl sites for hydroxylation is 1. The van der Waals surface area contributed by atoms with Gasteiger partial charge in [-0.25, -0.2) is 0 Å². The zero-order chi connectivity index (χ0) is 23.2. The van der Waals surface area contributed by atoms with E-state index in [-0.39, 0.29) is 18.2 Å². The Kier molecular flexibility index (Phi) is 7.06. The van der Waals surface area contributed by atoms with Gasteiger partial charge in [0.2, 0.25) is 5.91 Å². The Morgan fingerprint density at radius 1 is 1.12 bits per heavy atom. The van der Waals surface area contributed by atoms with Gasteiger partial charge < -0.3 is 15.4 Å². The highest BCUT2D eigenvalue weighted by atomic mass is 32.1. The third kappa shape index (κ3) is 5.24. The lowest BCUT2D eigenvalue weighted by Gasteiger charge is -2.19. The second kappa shape index (κ2) is 10.3. The number of nitrogens with one attached hydrogen (secondary N) is 2. The Bertz CT molecular complexity index is 1200. The van der Waals surface area contributed by atoms with E-state index in [1.165, 1.54) is 16.2 Å². The fourth-order valence-corrected chi connectivity index (χ4v) is 5.33. The van der Waals surface area contributed by atoms with Crippen molar-refractivity contribution in [1.82, 2.24) is 5.32 Å². The average Bonchev–Trinajstić information content (AvgIpc) is 3.20. The lowest BCUT2D eigenvalue weighted by atomic mass is 9.96. The molecule has 0 radical (unpaired) electrons. The fraction of sp³-hybridized carbons (Fsp3) is 0.269. The molecular weight excluding hydrogens is 434 g/mol. The summed E-state index contributed by atoms with van der Waals surface area (Å²) in [6.07, 6.45) is 4.03. The van der Waals surface area contributed by atoms with E-state index in [1.54, 1.807) is 31.4 Å². The first-order valence-electron chi connectivity index (χ1n) is 10.9. The second-order valence-corrected chi connectivity index (χ2v) is 9.05. The van der Waals surface area contributed by atoms with E-state index in [4.69, 9.17) is 4.74 Å². The normalized spacial score (nSPS) is 13.3. The quantitative estimate of drug-likeness (QED) is 0.520. The van der Waals surface area contributed by atoms with Crippen LogP contribution in [0.4, 0.5) is 5.00 Å². The van der Waals surface area contributed by atoms with E-state index < -0.39 is 6.04 Å². The summed E-state index contributed by atoms with van der Waals surface area (Å²) in [4.78, 5) is 27.1. The van der Waals surface area contributed by atoms with Crippen molar-refractivity contribution < 1.29 is 14.3 Å². The number of nitrogens with zero attached hydrogens (tertiary/aromatic N) is 1. The summed E-state index contributed by atoms with van der Waals surface area (Å²) in [5, 5.41) is 16.2. The maximum atomic E-state index is 13.1. The minimum absolute atomic E-state index is 0.0270. The molecule has 2 amide bonds. The van der Waals surface area contributed by atoms with Crippen LogP contribution in [-0.4, -0.2) is 18.9 Å². The topological polar surface area (TPSA) is 91.2 Å². The van der Waals surface area contributed by atoms with Crippen molar-refractivity contribution >= 4 is 28.2 Å². The van der Waals surface area contributed by atoms with Gasteiger partial charge in [-0.3, -0.25) is 9.59 Å². The van der Waals surface area contributed by atoms with Crippen LogP contribution >= 0.6 is 11.3 Å². The van der Waals surface area contributed by atoms with Crippen molar-refractivity contribution in [3.05, 3.63) is 81.7 Å². The molecule has 168 valence electrons. The van der Waals surface area contributed by atoms with Crippen LogP contribution in [0.25, 0.3) is 0 Å². The van der Waals surface area contributed by atoms with Crippen LogP contribution in [0, 0.1) is 11.3 Å². The summed E-state index contributed by atoms with van der Waals surface area (Å²) in [6, 6.07) is 17.9. The van der Waals surface area contributed by atoms with Gasteiger partial charge in [-0.05, 0) is 61.1 Å². The van der Waals surface area contributed by atoms with Gasteiger partial charge in [0.15, 0.2) is 0 Å². The van der Waals surface area contributed by atoms with E-state index in [2.05, 4.69) is 16.7 Å². The molecule has 0 saturated carbocycles. The van der Waals surface area contributed by atoms with E-state index in [1.807, 2.05) is 30.3 Å². The van der Waals surface area contributed by atoms with Gasteiger partial charge in [-0.1, -0.05) is 30.3 Å². The molecule has 7 heteroatoms. The van der Waals surface area contributed by atoms with Gasteiger partial charge in [-0.2, -0.15) is 5.26 Å². The minimum Gasteiger partial charge on any atom is -0.497 e. The third-order valence-corrected chi connectivity index (χ3v) is 6.97. The van der Waals surface area contributed by atoms with Crippen LogP contribution in [0.1, 0.15) is 57.2 Å². The summed E-state index contributed by atoms with van der Waals surface area (Å²) >= 11 is 1.49. The molecule has 1 aliphatic rings. The Morgan fingerprint density at radius 2 is 1.91 bits per heavy atom. The van der Waals surface area contributed by atoms with Crippen LogP contribution in [0.2, 0.25) is 0 Å². The van der Waals surface area contributed by atoms with Crippen LogP contribution in [0.15, 0.2) is 54.6 Å². The number of anilines is 1. The molecule has 4 rings (SSSR count). The molecular formula is C26H25N3O3S. The molecule has 3 aromatic rings. The SMILES string of the molecule is COc1cccc([C@@H](CC(=O)Nc2sc3c(c2C#N)CCCC3)NC(=O)c2ccccc2)c1. The first-order chi connectivity index (χ1) is 16.1. The highest BCUT2D eigenvalue weighted by Crippen LogP contribution is 2.38. The molecule has 0 bridgehead atoms. The Labute approximate surface area is 197 Å². The first kappa shape index (κ1) is 22.6. The molecule has 0 spiro atoms. The van der Waals surface area contributed by atoms with Crippen LogP contribution in [0.5, 0.6) is 5.75 Å². The predicted octanol–water partition coefficient (Wildman–Crippen LogP) is 5.01. The Balaban J connectivity index is 1.56. The van der Waals surface area contributed by atoms with Crippen molar-refractivity contribution in [2.75, 3.05) is 12.4 Å². The van der Waals surface area contributed by atoms with Gasteiger partial charge in [0, 0.05) is 10.4 Å². The zero-order valence-corrected chi connectivity index (χ0v) is 19.2. The fourth-order valence-electron chi connectivity index (χ4n) is 4.08. The van der Waals surface area contributed by atoms with E-state index in [0.717, 1.165) is 36.8 Å². The van der Waals surface area contributed by atoms with Crippen molar-refractivity contribution in [3.8, 4) is 11.8 Å². The molecule has 33 heavy (non-hydrogen) atoms. The van der Waals surface area contributed by atoms with Gasteiger partial charge in [0.1, 0.15) is 16.8 Å². The number of hydrogen-bond donors (Lipinski definition) is 2. The molecule has 1 aromatic heterocycles. The molecule has 0 saturated heterocycles. The van der Waals surface area contributed by atoms with Crippen molar-refractivity contribution in [2.45, 2.75) is 38.1 Å². The molecule has 2 N–H and O–H groups in total. The maximum absolute atomic E-state index is 13.1. The van der Waals surface area contributed by atoms with Gasteiger partial charge in [0.05, 0.1) is 25.1 Å². The molecule has 2 aromatic carbocycles. The number of thiophene rings is 1. The van der Waals surface area contributed by atoms with Gasteiger partial charge in [0.25, 0.3) is 5.91 Å². The highest BCUT2D eigenvalue weighted by Gasteiger charge is 2.24. The zero-order valence-electron chi connectivity index (χ0n) is 18.4. The van der Waals surface area contributed by atoms with Crippen LogP contribution in [-0.2, 0) is 17.6 Å². The third-order valence-electron chi connectivity index (χ3n) is 5.76. The largest absolute Gasteiger partial charge is 0.497 e. The first-order valence-corrected chi connectivity index (χ1v) is 11.7. The monoisotopic (exact) mass is 459 g/mol. The molecule has 1 atom stereocenters. The number of carbonyl (C=O) groups excluding carboxylic acids is 2. The smallest absolute Gasteiger partial charge is 0.251 e. The standard InChI is InChI=1S/C26H25N3O3S/c1-32-19-11-7-10-18(14-19)22(28-25(31)17-8-3-2-4-9-17)15-24(30)29-26-21(16-27)20-12-5-6-13-23(20)33-26/h2-4,7-11,14,22H,5-6,12-13,15H2,1H3,(H,28,31)(H,29,30)/t22-/m1/s1. The van der Waals surface area contributed by atoms with Crippen molar-refractivity contribution in [2.24, 2.45) is 0 Å². The highest BCUT2D eigenvalue weighted by molar-refractivity contribution is 7.16. The number of nitriles is 1.